The van der Waals surface area contributed by atoms with Crippen molar-refractivity contribution in [3.05, 3.63) is 17.5 Å². The second-order valence-corrected chi connectivity index (χ2v) is 5.69. The van der Waals surface area contributed by atoms with E-state index in [2.05, 4.69) is 21.0 Å². The zero-order valence-corrected chi connectivity index (χ0v) is 12.6. The van der Waals surface area contributed by atoms with E-state index in [9.17, 15) is 4.79 Å². The lowest BCUT2D eigenvalue weighted by Gasteiger charge is -2.28. The van der Waals surface area contributed by atoms with Crippen LogP contribution in [0.3, 0.4) is 0 Å². The van der Waals surface area contributed by atoms with Crippen LogP contribution in [-0.4, -0.2) is 38.5 Å². The zero-order chi connectivity index (χ0) is 13.1. The first-order valence-corrected chi connectivity index (χ1v) is 7.63. The molecule has 0 aromatic carbocycles. The zero-order valence-electron chi connectivity index (χ0n) is 11.0. The van der Waals surface area contributed by atoms with Crippen LogP contribution >= 0.6 is 15.9 Å². The van der Waals surface area contributed by atoms with Crippen LogP contribution in [0.4, 0.5) is 0 Å². The van der Waals surface area contributed by atoms with Gasteiger partial charge in [0.1, 0.15) is 0 Å². The van der Waals surface area contributed by atoms with Gasteiger partial charge in [-0.2, -0.15) is 5.10 Å². The van der Waals surface area contributed by atoms with E-state index in [0.717, 1.165) is 36.0 Å². The topological polar surface area (TPSA) is 38.1 Å². The van der Waals surface area contributed by atoms with Crippen LogP contribution in [0.15, 0.2) is 6.20 Å². The fraction of sp³-hybridized carbons (Fsp3) is 0.692. The molecule has 0 N–H and O–H groups in total. The van der Waals surface area contributed by atoms with Crippen LogP contribution in [0.2, 0.25) is 0 Å². The van der Waals surface area contributed by atoms with E-state index in [0.29, 0.717) is 6.04 Å². The SMILES string of the molecule is Cc1c(C(=O)N(CCBr)C2CCCC2)cnn1C. The first-order valence-electron chi connectivity index (χ1n) is 6.50. The first-order chi connectivity index (χ1) is 8.65. The van der Waals surface area contributed by atoms with Gasteiger partial charge in [-0.1, -0.05) is 28.8 Å². The summed E-state index contributed by atoms with van der Waals surface area (Å²) in [5.41, 5.74) is 1.68. The molecule has 1 aliphatic rings. The minimum atomic E-state index is 0.131. The number of amides is 1. The number of aromatic nitrogens is 2. The molecule has 100 valence electrons. The van der Waals surface area contributed by atoms with Gasteiger partial charge < -0.3 is 4.90 Å². The highest BCUT2D eigenvalue weighted by molar-refractivity contribution is 9.09. The van der Waals surface area contributed by atoms with Crippen molar-refractivity contribution in [3.8, 4) is 0 Å². The van der Waals surface area contributed by atoms with Gasteiger partial charge in [-0.25, -0.2) is 0 Å². The summed E-state index contributed by atoms with van der Waals surface area (Å²) in [6, 6.07) is 0.412. The van der Waals surface area contributed by atoms with Crippen molar-refractivity contribution >= 4 is 21.8 Å². The van der Waals surface area contributed by atoms with Gasteiger partial charge in [0.05, 0.1) is 11.8 Å². The third-order valence-corrected chi connectivity index (χ3v) is 4.17. The van der Waals surface area contributed by atoms with Crippen molar-refractivity contribution in [2.24, 2.45) is 7.05 Å². The van der Waals surface area contributed by atoms with Crippen molar-refractivity contribution < 1.29 is 4.79 Å². The molecule has 0 unspecified atom stereocenters. The number of rotatable bonds is 4. The Morgan fingerprint density at radius 2 is 2.22 bits per heavy atom. The molecule has 1 saturated carbocycles. The third kappa shape index (κ3) is 2.60. The summed E-state index contributed by atoms with van der Waals surface area (Å²) in [6.07, 6.45) is 6.44. The summed E-state index contributed by atoms with van der Waals surface area (Å²) in [4.78, 5) is 14.6. The molecule has 1 aromatic rings. The van der Waals surface area contributed by atoms with Crippen LogP contribution in [0.25, 0.3) is 0 Å². The molecule has 0 saturated heterocycles. The second kappa shape index (κ2) is 5.87. The molecule has 0 atom stereocenters. The highest BCUT2D eigenvalue weighted by Crippen LogP contribution is 2.25. The highest BCUT2D eigenvalue weighted by atomic mass is 79.9. The predicted molar refractivity (Wildman–Crippen MR) is 75.0 cm³/mol. The van der Waals surface area contributed by atoms with Gasteiger partial charge in [-0.3, -0.25) is 9.48 Å². The third-order valence-electron chi connectivity index (χ3n) is 3.82. The molecule has 0 radical (unpaired) electrons. The average molecular weight is 314 g/mol. The van der Waals surface area contributed by atoms with Crippen LogP contribution in [0.5, 0.6) is 0 Å². The molecular formula is C13H20BrN3O. The molecule has 0 spiro atoms. The van der Waals surface area contributed by atoms with Gasteiger partial charge in [0.2, 0.25) is 0 Å². The number of nitrogens with zero attached hydrogens (tertiary/aromatic N) is 3. The van der Waals surface area contributed by atoms with Crippen LogP contribution in [0.1, 0.15) is 41.7 Å². The predicted octanol–water partition coefficient (Wildman–Crippen LogP) is 2.51. The summed E-state index contributed by atoms with van der Waals surface area (Å²) >= 11 is 3.45. The Labute approximate surface area is 116 Å². The van der Waals surface area contributed by atoms with E-state index in [4.69, 9.17) is 0 Å². The Morgan fingerprint density at radius 3 is 2.72 bits per heavy atom. The lowest BCUT2D eigenvalue weighted by Crippen LogP contribution is -2.40. The Balaban J connectivity index is 2.19. The largest absolute Gasteiger partial charge is 0.335 e. The Bertz CT molecular complexity index is 424. The number of alkyl halides is 1. The van der Waals surface area contributed by atoms with Gasteiger partial charge >= 0.3 is 0 Å². The summed E-state index contributed by atoms with van der Waals surface area (Å²) in [5, 5.41) is 4.99. The fourth-order valence-electron chi connectivity index (χ4n) is 2.62. The molecule has 1 amide bonds. The van der Waals surface area contributed by atoms with Crippen molar-refractivity contribution in [3.63, 3.8) is 0 Å². The summed E-state index contributed by atoms with van der Waals surface area (Å²) in [5.74, 6) is 0.131. The minimum Gasteiger partial charge on any atom is -0.335 e. The van der Waals surface area contributed by atoms with E-state index in [1.807, 2.05) is 18.9 Å². The van der Waals surface area contributed by atoms with Crippen molar-refractivity contribution in [1.29, 1.82) is 0 Å². The Kier molecular flexibility index (Phi) is 4.43. The molecule has 18 heavy (non-hydrogen) atoms. The van der Waals surface area contributed by atoms with Crippen LogP contribution in [0, 0.1) is 6.92 Å². The minimum absolute atomic E-state index is 0.131. The van der Waals surface area contributed by atoms with Crippen molar-refractivity contribution in [2.75, 3.05) is 11.9 Å². The number of hydrogen-bond donors (Lipinski definition) is 0. The molecular weight excluding hydrogens is 294 g/mol. The normalized spacial score (nSPS) is 16.2. The number of halogens is 1. The van der Waals surface area contributed by atoms with Crippen molar-refractivity contribution in [1.82, 2.24) is 14.7 Å². The molecule has 1 fully saturated rings. The van der Waals surface area contributed by atoms with E-state index in [1.54, 1.807) is 10.9 Å². The maximum Gasteiger partial charge on any atom is 0.257 e. The van der Waals surface area contributed by atoms with Gasteiger partial charge in [0.15, 0.2) is 0 Å². The maximum atomic E-state index is 12.6. The van der Waals surface area contributed by atoms with Gasteiger partial charge in [-0.05, 0) is 19.8 Å². The summed E-state index contributed by atoms with van der Waals surface area (Å²) < 4.78 is 1.76. The molecule has 1 aromatic heterocycles. The molecule has 2 rings (SSSR count). The fourth-order valence-corrected chi connectivity index (χ4v) is 3.00. The van der Waals surface area contributed by atoms with E-state index in [-0.39, 0.29) is 5.91 Å². The van der Waals surface area contributed by atoms with E-state index < -0.39 is 0 Å². The number of aryl methyl sites for hydroxylation is 1. The Hall–Kier alpha value is -0.840. The molecule has 4 nitrogen and oxygen atoms in total. The van der Waals surface area contributed by atoms with Crippen LogP contribution in [-0.2, 0) is 7.05 Å². The smallest absolute Gasteiger partial charge is 0.257 e. The second-order valence-electron chi connectivity index (χ2n) is 4.89. The average Bonchev–Trinajstić information content (AvgIpc) is 2.98. The lowest BCUT2D eigenvalue weighted by atomic mass is 10.1. The first kappa shape index (κ1) is 13.6. The molecule has 0 aliphatic heterocycles. The number of carbonyl (C=O) groups is 1. The monoisotopic (exact) mass is 313 g/mol. The maximum absolute atomic E-state index is 12.6. The van der Waals surface area contributed by atoms with Crippen molar-refractivity contribution in [2.45, 2.75) is 38.6 Å². The quantitative estimate of drug-likeness (QED) is 0.801. The van der Waals surface area contributed by atoms with E-state index in [1.165, 1.54) is 12.8 Å². The standard InChI is InChI=1S/C13H20BrN3O/c1-10-12(9-15-16(10)2)13(18)17(8-7-14)11-5-3-4-6-11/h9,11H,3-8H2,1-2H3. The van der Waals surface area contributed by atoms with Crippen LogP contribution < -0.4 is 0 Å². The lowest BCUT2D eigenvalue weighted by molar-refractivity contribution is 0.0695. The van der Waals surface area contributed by atoms with Gasteiger partial charge in [-0.15, -0.1) is 0 Å². The molecule has 0 bridgehead atoms. The molecule has 1 aliphatic carbocycles. The number of hydrogen-bond acceptors (Lipinski definition) is 2. The van der Waals surface area contributed by atoms with E-state index >= 15 is 0 Å². The number of carbonyl (C=O) groups excluding carboxylic acids is 1. The molecule has 1 heterocycles. The molecule has 5 heteroatoms. The Morgan fingerprint density at radius 1 is 1.56 bits per heavy atom. The highest BCUT2D eigenvalue weighted by Gasteiger charge is 2.28. The van der Waals surface area contributed by atoms with Gasteiger partial charge in [0.25, 0.3) is 5.91 Å². The summed E-state index contributed by atoms with van der Waals surface area (Å²) in [6.45, 7) is 2.72. The van der Waals surface area contributed by atoms with Gasteiger partial charge in [0, 0.05) is 30.7 Å². The summed E-state index contributed by atoms with van der Waals surface area (Å²) in [7, 11) is 1.87.